The van der Waals surface area contributed by atoms with Crippen LogP contribution in [0, 0.1) is 6.92 Å². The first-order chi connectivity index (χ1) is 15.3. The second-order valence-electron chi connectivity index (χ2n) is 7.34. The Hall–Kier alpha value is -4.13. The molecule has 0 atom stereocenters. The predicted molar refractivity (Wildman–Crippen MR) is 113 cm³/mol. The van der Waals surface area contributed by atoms with Crippen LogP contribution in [-0.2, 0) is 0 Å². The van der Waals surface area contributed by atoms with Crippen LogP contribution in [0.2, 0.25) is 0 Å². The number of aromatic nitrogens is 6. The van der Waals surface area contributed by atoms with E-state index in [-0.39, 0.29) is 22.6 Å². The minimum Gasteiger partial charge on any atom is -0.478 e. The summed E-state index contributed by atoms with van der Waals surface area (Å²) < 4.78 is 7.05. The predicted octanol–water partition coefficient (Wildman–Crippen LogP) is 1.20. The van der Waals surface area contributed by atoms with Crippen molar-refractivity contribution < 1.29 is 19.8 Å². The van der Waals surface area contributed by atoms with Gasteiger partial charge in [-0.05, 0) is 18.6 Å². The lowest BCUT2D eigenvalue weighted by Gasteiger charge is -2.40. The molecule has 4 aromatic heterocycles. The number of rotatable bonds is 5. The zero-order valence-electron chi connectivity index (χ0n) is 16.5. The van der Waals surface area contributed by atoms with Crippen molar-refractivity contribution in [3.63, 3.8) is 0 Å². The normalized spacial score (nSPS) is 14.0. The van der Waals surface area contributed by atoms with Gasteiger partial charge in [0.25, 0.3) is 0 Å². The Kier molecular flexibility index (Phi) is 4.48. The molecule has 1 aliphatic rings. The number of anilines is 1. The highest BCUT2D eigenvalue weighted by Gasteiger charge is 2.31. The van der Waals surface area contributed by atoms with Crippen LogP contribution < -0.4 is 10.3 Å². The van der Waals surface area contributed by atoms with E-state index in [1.165, 1.54) is 29.5 Å². The number of carbonyl (C=O) groups is 2. The molecule has 13 heteroatoms. The van der Waals surface area contributed by atoms with Crippen molar-refractivity contribution in [3.8, 4) is 5.13 Å². The van der Waals surface area contributed by atoms with E-state index < -0.39 is 17.4 Å². The standard InChI is InChI=1S/C19H15N7O5S/c1-9-2-13(24-5-11(6-24)26-4-10(3-21-26)17(28)29)23-16-14(9)15(27)12(18(30)31)7-25(16)19-20-8-22-32-19/h2-4,7-8,11H,5-6H2,1H3,(H,28,29)(H,30,31). The quantitative estimate of drug-likeness (QED) is 0.450. The molecule has 1 aliphatic heterocycles. The number of carboxylic acids is 2. The third kappa shape index (κ3) is 3.10. The number of pyridine rings is 2. The Morgan fingerprint density at radius 3 is 2.59 bits per heavy atom. The smallest absolute Gasteiger partial charge is 0.341 e. The summed E-state index contributed by atoms with van der Waals surface area (Å²) in [7, 11) is 0. The van der Waals surface area contributed by atoms with Gasteiger partial charge in [-0.1, -0.05) is 0 Å². The summed E-state index contributed by atoms with van der Waals surface area (Å²) in [6, 6.07) is 1.72. The van der Waals surface area contributed by atoms with Crippen molar-refractivity contribution in [3.05, 3.63) is 57.9 Å². The number of aromatic carboxylic acids is 2. The van der Waals surface area contributed by atoms with E-state index in [9.17, 15) is 19.5 Å². The molecule has 4 aromatic rings. The Morgan fingerprint density at radius 1 is 1.19 bits per heavy atom. The number of nitrogens with zero attached hydrogens (tertiary/aromatic N) is 7. The molecule has 0 spiro atoms. The van der Waals surface area contributed by atoms with Crippen LogP contribution in [0.1, 0.15) is 32.3 Å². The summed E-state index contributed by atoms with van der Waals surface area (Å²) in [4.78, 5) is 46.3. The van der Waals surface area contributed by atoms with Crippen LogP contribution in [0.25, 0.3) is 16.2 Å². The van der Waals surface area contributed by atoms with Crippen molar-refractivity contribution in [2.45, 2.75) is 13.0 Å². The van der Waals surface area contributed by atoms with Crippen LogP contribution in [-0.4, -0.2) is 63.9 Å². The molecular formula is C19H15N7O5S. The van der Waals surface area contributed by atoms with Gasteiger partial charge in [-0.25, -0.2) is 19.6 Å². The summed E-state index contributed by atoms with van der Waals surface area (Å²) >= 11 is 1.05. The summed E-state index contributed by atoms with van der Waals surface area (Å²) in [6.07, 6.45) is 5.37. The molecule has 1 fully saturated rings. The fraction of sp³-hybridized carbons (Fsp3) is 0.211. The Balaban J connectivity index is 1.55. The molecule has 162 valence electrons. The van der Waals surface area contributed by atoms with Gasteiger partial charge in [0.15, 0.2) is 5.65 Å². The lowest BCUT2D eigenvalue weighted by Crippen LogP contribution is -2.48. The maximum absolute atomic E-state index is 12.8. The third-order valence-electron chi connectivity index (χ3n) is 5.34. The number of fused-ring (bicyclic) bond motifs is 1. The van der Waals surface area contributed by atoms with Crippen molar-refractivity contribution >= 4 is 40.3 Å². The summed E-state index contributed by atoms with van der Waals surface area (Å²) in [5.41, 5.74) is 0.0271. The van der Waals surface area contributed by atoms with E-state index in [1.54, 1.807) is 17.7 Å². The number of carboxylic acid groups (broad SMARTS) is 2. The molecule has 32 heavy (non-hydrogen) atoms. The molecule has 0 bridgehead atoms. The minimum absolute atomic E-state index is 0.0133. The van der Waals surface area contributed by atoms with E-state index in [0.29, 0.717) is 35.2 Å². The average Bonchev–Trinajstić information content (AvgIpc) is 3.39. The Labute approximate surface area is 183 Å². The van der Waals surface area contributed by atoms with Gasteiger partial charge in [0.05, 0.1) is 23.2 Å². The monoisotopic (exact) mass is 453 g/mol. The van der Waals surface area contributed by atoms with E-state index in [4.69, 9.17) is 5.11 Å². The van der Waals surface area contributed by atoms with Crippen LogP contribution in [0.15, 0.2) is 35.8 Å². The summed E-state index contributed by atoms with van der Waals surface area (Å²) in [6.45, 7) is 2.83. The van der Waals surface area contributed by atoms with Crippen LogP contribution in [0.4, 0.5) is 5.82 Å². The zero-order chi connectivity index (χ0) is 22.6. The van der Waals surface area contributed by atoms with Gasteiger partial charge in [0.1, 0.15) is 17.7 Å². The summed E-state index contributed by atoms with van der Waals surface area (Å²) in [5.74, 6) is -1.75. The van der Waals surface area contributed by atoms with Gasteiger partial charge in [-0.15, -0.1) is 0 Å². The van der Waals surface area contributed by atoms with Gasteiger partial charge in [-0.2, -0.15) is 9.47 Å². The van der Waals surface area contributed by atoms with Crippen LogP contribution in [0.3, 0.4) is 0 Å². The number of hydrogen-bond donors (Lipinski definition) is 2. The van der Waals surface area contributed by atoms with Gasteiger partial charge < -0.3 is 15.1 Å². The molecule has 0 unspecified atom stereocenters. The second-order valence-corrected chi connectivity index (χ2v) is 8.10. The SMILES string of the molecule is Cc1cc(N2CC(n3cc(C(=O)O)cn3)C2)nc2c1c(=O)c(C(=O)O)cn2-c1ncns1. The van der Waals surface area contributed by atoms with E-state index in [2.05, 4.69) is 19.4 Å². The minimum atomic E-state index is -1.33. The molecule has 5 rings (SSSR count). The second kappa shape index (κ2) is 7.23. The fourth-order valence-electron chi connectivity index (χ4n) is 3.67. The van der Waals surface area contributed by atoms with E-state index in [0.717, 1.165) is 11.5 Å². The molecule has 0 amide bonds. The maximum atomic E-state index is 12.8. The van der Waals surface area contributed by atoms with Gasteiger partial charge in [-0.3, -0.25) is 14.0 Å². The number of hydrogen-bond acceptors (Lipinski definition) is 9. The molecule has 5 heterocycles. The first-order valence-corrected chi connectivity index (χ1v) is 10.2. The summed E-state index contributed by atoms with van der Waals surface area (Å²) in [5, 5.41) is 23.3. The molecule has 1 saturated heterocycles. The Morgan fingerprint density at radius 2 is 1.97 bits per heavy atom. The fourth-order valence-corrected chi connectivity index (χ4v) is 4.18. The highest BCUT2D eigenvalue weighted by molar-refractivity contribution is 7.08. The van der Waals surface area contributed by atoms with Gasteiger partial charge >= 0.3 is 11.9 Å². The van der Waals surface area contributed by atoms with Crippen LogP contribution >= 0.6 is 11.5 Å². The molecule has 12 nitrogen and oxygen atoms in total. The lowest BCUT2D eigenvalue weighted by atomic mass is 10.1. The van der Waals surface area contributed by atoms with Crippen molar-refractivity contribution in [2.24, 2.45) is 0 Å². The average molecular weight is 453 g/mol. The van der Waals surface area contributed by atoms with Crippen LogP contribution in [0.5, 0.6) is 0 Å². The first-order valence-electron chi connectivity index (χ1n) is 9.43. The largest absolute Gasteiger partial charge is 0.478 e. The lowest BCUT2D eigenvalue weighted by molar-refractivity contribution is 0.0685. The van der Waals surface area contributed by atoms with Crippen molar-refractivity contribution in [1.29, 1.82) is 0 Å². The molecule has 2 N–H and O–H groups in total. The molecule has 0 radical (unpaired) electrons. The third-order valence-corrected chi connectivity index (χ3v) is 6.00. The maximum Gasteiger partial charge on any atom is 0.341 e. The topological polar surface area (TPSA) is 156 Å². The van der Waals surface area contributed by atoms with E-state index >= 15 is 0 Å². The highest BCUT2D eigenvalue weighted by Crippen LogP contribution is 2.30. The Bertz CT molecular complexity index is 1440. The first kappa shape index (κ1) is 19.8. The number of aryl methyl sites for hydroxylation is 1. The van der Waals surface area contributed by atoms with Crippen molar-refractivity contribution in [1.82, 2.24) is 28.7 Å². The van der Waals surface area contributed by atoms with E-state index in [1.807, 2.05) is 4.90 Å². The molecule has 0 aromatic carbocycles. The van der Waals surface area contributed by atoms with Crippen molar-refractivity contribution in [2.75, 3.05) is 18.0 Å². The molecule has 0 aliphatic carbocycles. The van der Waals surface area contributed by atoms with Gasteiger partial charge in [0.2, 0.25) is 10.6 Å². The molecular weight excluding hydrogens is 438 g/mol. The molecule has 0 saturated carbocycles. The zero-order valence-corrected chi connectivity index (χ0v) is 17.4. The van der Waals surface area contributed by atoms with Gasteiger partial charge in [0, 0.05) is 37.0 Å². The highest BCUT2D eigenvalue weighted by atomic mass is 32.1.